The first kappa shape index (κ1) is 103. The van der Waals surface area contributed by atoms with Gasteiger partial charge in [-0.15, -0.1) is 9.41 Å². The molecule has 5 fully saturated rings. The van der Waals surface area contributed by atoms with Gasteiger partial charge in [0.15, 0.2) is 0 Å². The van der Waals surface area contributed by atoms with Crippen molar-refractivity contribution in [3.63, 3.8) is 0 Å². The number of nitrogens with one attached hydrogen (secondary N) is 4. The number of amides is 3. The predicted molar refractivity (Wildman–Crippen MR) is 551 cm³/mol. The summed E-state index contributed by atoms with van der Waals surface area (Å²) in [4.78, 5) is 75.9. The number of aromatic amines is 2. The van der Waals surface area contributed by atoms with Gasteiger partial charge in [0.25, 0.3) is 53.3 Å². The highest BCUT2D eigenvalue weighted by Crippen LogP contribution is 2.47. The molecule has 0 spiro atoms. The Morgan fingerprint density at radius 3 is 1.54 bits per heavy atom. The van der Waals surface area contributed by atoms with E-state index in [1.807, 2.05) is 42.0 Å². The average Bonchev–Trinajstić information content (AvgIpc) is 1.45. The Labute approximate surface area is 833 Å². The van der Waals surface area contributed by atoms with Crippen molar-refractivity contribution in [3.05, 3.63) is 235 Å². The molecule has 38 heteroatoms. The number of piperazine rings is 2. The smallest absolute Gasteiger partial charge is 0.455 e. The van der Waals surface area contributed by atoms with Crippen molar-refractivity contribution in [2.45, 2.75) is 171 Å². The lowest BCUT2D eigenvalue weighted by Gasteiger charge is -2.39. The monoisotopic (exact) mass is 2060 g/mol. The van der Waals surface area contributed by atoms with E-state index >= 15 is 0 Å². The van der Waals surface area contributed by atoms with E-state index in [9.17, 15) is 67.1 Å². The third-order valence-electron chi connectivity index (χ3n) is 28.1. The molecular formula is C103H121Cl2F3N14O14S5. The fourth-order valence-corrected chi connectivity index (χ4v) is 28.0. The third kappa shape index (κ3) is 25.6. The summed E-state index contributed by atoms with van der Waals surface area (Å²) >= 11 is 12.5. The highest BCUT2D eigenvalue weighted by molar-refractivity contribution is 8.02. The van der Waals surface area contributed by atoms with Crippen LogP contribution in [0.25, 0.3) is 33.2 Å². The Balaban J connectivity index is 0.000000203. The number of nitrogens with zero attached hydrogens (tertiary/aromatic N) is 10. The second-order valence-electron chi connectivity index (χ2n) is 39.8. The molecular weight excluding hydrogens is 1950 g/mol. The minimum atomic E-state index is -6.02. The minimum Gasteiger partial charge on any atom is -0.455 e. The van der Waals surface area contributed by atoms with Gasteiger partial charge in [0.1, 0.15) is 34.3 Å². The molecule has 8 heterocycles. The molecule has 752 valence electrons. The molecule has 0 unspecified atom stereocenters. The summed E-state index contributed by atoms with van der Waals surface area (Å²) in [7, 11) is -19.4. The maximum absolute atomic E-state index is 14.2. The molecule has 10 aromatic rings. The Hall–Kier alpha value is -10.5. The van der Waals surface area contributed by atoms with E-state index in [1.165, 1.54) is 64.0 Å². The summed E-state index contributed by atoms with van der Waals surface area (Å²) in [5.41, 5.74) is 5.11. The number of alkyl halides is 3. The van der Waals surface area contributed by atoms with Crippen molar-refractivity contribution in [2.24, 2.45) is 31.4 Å². The lowest BCUT2D eigenvalue weighted by molar-refractivity contribution is -0.385. The highest BCUT2D eigenvalue weighted by Gasteiger charge is 2.49. The number of allylic oxidation sites excluding steroid dienone is 2. The summed E-state index contributed by atoms with van der Waals surface area (Å²) in [6, 6.07) is 39.4. The number of benzene rings is 6. The summed E-state index contributed by atoms with van der Waals surface area (Å²) in [6.07, 6.45) is 18.2. The largest absolute Gasteiger partial charge is 0.501 e. The van der Waals surface area contributed by atoms with Gasteiger partial charge >= 0.3 is 5.51 Å². The number of carbonyl (C=O) groups is 3. The third-order valence-corrected chi connectivity index (χ3v) is 37.9. The number of carbonyl (C=O) groups excluding carboxylic acids is 3. The van der Waals surface area contributed by atoms with E-state index in [0.29, 0.717) is 145 Å². The maximum Gasteiger partial charge on any atom is 0.501 e. The normalized spacial score (nSPS) is 19.6. The van der Waals surface area contributed by atoms with Gasteiger partial charge in [-0.3, -0.25) is 34.3 Å². The number of hydrogen-bond acceptors (Lipinski definition) is 22. The lowest BCUT2D eigenvalue weighted by Crippen LogP contribution is -2.47. The molecule has 6 aromatic carbocycles. The molecule has 7 aliphatic rings. The van der Waals surface area contributed by atoms with Gasteiger partial charge in [-0.1, -0.05) is 118 Å². The number of ether oxygens (including phenoxy) is 2. The molecule has 1 atom stereocenters. The molecule has 0 radical (unpaired) electrons. The first-order valence-electron chi connectivity index (χ1n) is 48.1. The van der Waals surface area contributed by atoms with Crippen molar-refractivity contribution in [1.29, 1.82) is 0 Å². The lowest BCUT2D eigenvalue weighted by atomic mass is 9.72. The van der Waals surface area contributed by atoms with Crippen LogP contribution in [-0.4, -0.2) is 212 Å². The number of aryl methyl sites for hydroxylation is 1. The number of nitro benzene ring substituents is 1. The number of H-pyrrole nitrogens is 2. The van der Waals surface area contributed by atoms with Crippen LogP contribution in [0.4, 0.5) is 30.2 Å². The van der Waals surface area contributed by atoms with Gasteiger partial charge < -0.3 is 34.1 Å². The van der Waals surface area contributed by atoms with E-state index < -0.39 is 86.0 Å². The molecule has 0 bridgehead atoms. The van der Waals surface area contributed by atoms with Gasteiger partial charge in [-0.2, -0.15) is 17.5 Å². The first-order chi connectivity index (χ1) is 67.0. The molecule has 4 aromatic heterocycles. The zero-order valence-corrected chi connectivity index (χ0v) is 85.7. The fourth-order valence-electron chi connectivity index (χ4n) is 20.0. The van der Waals surface area contributed by atoms with Crippen LogP contribution < -0.4 is 28.7 Å². The molecule has 4 aliphatic heterocycles. The number of sulfone groups is 1. The Kier molecular flexibility index (Phi) is 31.6. The molecule has 17 rings (SSSR count). The van der Waals surface area contributed by atoms with E-state index in [-0.39, 0.29) is 80.7 Å². The average molecular weight is 2070 g/mol. The minimum absolute atomic E-state index is 0.00685. The van der Waals surface area contributed by atoms with Crippen molar-refractivity contribution >= 4 is 146 Å². The quantitative estimate of drug-likeness (QED) is 0.0192. The number of rotatable bonds is 29. The van der Waals surface area contributed by atoms with Crippen LogP contribution in [0.2, 0.25) is 10.0 Å². The zero-order valence-electron chi connectivity index (χ0n) is 80.1. The molecule has 28 nitrogen and oxygen atoms in total. The molecule has 4 saturated heterocycles. The Morgan fingerprint density at radius 1 is 0.610 bits per heavy atom. The highest BCUT2D eigenvalue weighted by atomic mass is 35.5. The molecule has 4 N–H and O–H groups in total. The topological polar surface area (TPSA) is 355 Å². The number of fused-ring (bicyclic) bond motifs is 2. The van der Waals surface area contributed by atoms with Crippen LogP contribution in [0.15, 0.2) is 205 Å². The van der Waals surface area contributed by atoms with Gasteiger partial charge in [0.05, 0.1) is 49.2 Å². The van der Waals surface area contributed by atoms with Crippen LogP contribution in [0.1, 0.15) is 174 Å². The van der Waals surface area contributed by atoms with Crippen LogP contribution in [0.5, 0.6) is 23.0 Å². The summed E-state index contributed by atoms with van der Waals surface area (Å²) in [6.45, 7) is 22.7. The van der Waals surface area contributed by atoms with Crippen molar-refractivity contribution in [3.8, 4) is 23.0 Å². The van der Waals surface area contributed by atoms with Crippen LogP contribution in [-0.2, 0) is 66.7 Å². The number of nitro groups is 1. The number of hydrogen-bond donors (Lipinski definition) is 4. The second-order valence-corrected chi connectivity index (χ2v) is 51.5. The second kappa shape index (κ2) is 43.2. The fraction of sp³-hybridized carbons (Fsp3) is 0.437. The van der Waals surface area contributed by atoms with Crippen molar-refractivity contribution in [2.75, 3.05) is 118 Å². The number of aromatic nitrogens is 4. The zero-order chi connectivity index (χ0) is 100. The van der Waals surface area contributed by atoms with Gasteiger partial charge in [-0.05, 0) is 238 Å². The molecule has 3 aliphatic carbocycles. The van der Waals surface area contributed by atoms with E-state index in [1.54, 1.807) is 67.8 Å². The van der Waals surface area contributed by atoms with Gasteiger partial charge in [0, 0.05) is 193 Å². The number of halogens is 5. The summed E-state index contributed by atoms with van der Waals surface area (Å²) in [5.74, 6) is 5.45. The molecule has 3 amide bonds. The van der Waals surface area contributed by atoms with E-state index in [2.05, 4.69) is 116 Å². The molecule has 1 saturated carbocycles. The number of sulfonamides is 2. The van der Waals surface area contributed by atoms with E-state index in [0.717, 1.165) is 138 Å². The van der Waals surface area contributed by atoms with Crippen LogP contribution in [0.3, 0.4) is 0 Å². The first-order valence-corrected chi connectivity index (χ1v) is 57.2. The van der Waals surface area contributed by atoms with Crippen LogP contribution >= 0.6 is 23.2 Å². The number of pyridine rings is 2. The number of anilines is 2. The predicted octanol–water partition coefficient (Wildman–Crippen LogP) is 20.0. The summed E-state index contributed by atoms with van der Waals surface area (Å²) in [5, 5.41) is 15.3. The maximum atomic E-state index is 14.2. The SMILES string of the molecule is C=S1(=NC(=O)CC)CCN(C[C@H](C)Cc2ccc(S(=O)(=O)NC(=O)c3ccc(N4CCN(CC5=C(c6ccc(Cl)cc6)CC(C)(C)CC5)CC4)cc3Oc3cnc4[nH]ccc4c3)cc2[N+](=O)[O-])CC1.CC1(C)CCC(CN2CCN(c3ccc(C(=O)NS(=O)(=O)c4ccc(CCC5CCC(N=S6(=O)CCCC6)CC5)c(S(=O)(=O)C(F)(F)F)c4)c(Oc4cnc5[nH]ccc5c4)c3)CC2)=C(c2ccc(Cl)cc2)C1. The van der Waals surface area contributed by atoms with Gasteiger partial charge in [-0.25, -0.2) is 53.2 Å². The van der Waals surface area contributed by atoms with Gasteiger partial charge in [0.2, 0.25) is 0 Å². The Bertz CT molecular complexity index is 7070. The summed E-state index contributed by atoms with van der Waals surface area (Å²) < 4.78 is 163. The van der Waals surface area contributed by atoms with Crippen molar-refractivity contribution in [1.82, 2.24) is 44.1 Å². The molecule has 141 heavy (non-hydrogen) atoms. The van der Waals surface area contributed by atoms with Crippen LogP contribution in [0, 0.1) is 32.8 Å². The Morgan fingerprint density at radius 2 is 1.08 bits per heavy atom. The van der Waals surface area contributed by atoms with E-state index in [4.69, 9.17) is 32.7 Å². The van der Waals surface area contributed by atoms with Crippen molar-refractivity contribution < 1.29 is 71.4 Å². The standard InChI is InChI=1S/C52H60ClF3N6O7S3.C51H61ClN8O7S2/c1-51(2)21-19-39(46(32-51)36-9-12-40(53)13-10-36)34-61-23-25-62(26-24-61)42-16-18-45(47(30-42)69-43-29-38-20-22-57-49(38)58-33-43)50(63)60-72(67,68)44-17-11-37(48(31-44)71(65,66)52(54,55)56)8-5-35-6-14-41(15-7-35)59-70(64)27-3-4-28-70;1-6-48(61)55-68(5)25-23-58(24-26-68)33-35(2)27-37-9-13-43(30-46(37)60(63)64)69(65,66)56-50(62)44-14-12-41(29-47(44)67-42-28-38-16-18-53-49(38)54-32-42)59-21-19-57(20-22-59)34-39-15-17-51(3,4)31-45(39)36-7-10-40(52)11-8-36/h9-13,16-18,20,22,29-31,33,35,41H,3-8,14-15,19,21,23-28,32,34H2,1-2H3,(H,57,58)(H,60,63);7-14,16,18,28-30,32,35H,5-6,15,17,19-27,31,33-34H2,1-4H3,(H,53,54)(H,56,62)/t;35-/m.1/s1.